The number of carbonyl (C=O) groups is 2. The molecule has 0 radical (unpaired) electrons. The maximum atomic E-state index is 13.2. The molecule has 1 fully saturated rings. The summed E-state index contributed by atoms with van der Waals surface area (Å²) in [4.78, 5) is 28.9. The molecule has 27 heavy (non-hydrogen) atoms. The van der Waals surface area contributed by atoms with E-state index >= 15 is 0 Å². The van der Waals surface area contributed by atoms with E-state index in [4.69, 9.17) is 11.6 Å². The van der Waals surface area contributed by atoms with Crippen molar-refractivity contribution in [2.24, 2.45) is 11.8 Å². The molecule has 0 unspecified atom stereocenters. The fraction of sp³-hybridized carbons (Fsp3) is 0.350. The van der Waals surface area contributed by atoms with Crippen molar-refractivity contribution in [3.63, 3.8) is 0 Å². The molecule has 142 valence electrons. The van der Waals surface area contributed by atoms with Crippen LogP contribution >= 0.6 is 11.6 Å². The van der Waals surface area contributed by atoms with Crippen LogP contribution in [-0.4, -0.2) is 16.8 Å². The van der Waals surface area contributed by atoms with Crippen molar-refractivity contribution in [2.75, 3.05) is 5.32 Å². The van der Waals surface area contributed by atoms with E-state index in [1.165, 1.54) is 18.2 Å². The Morgan fingerprint density at radius 2 is 1.78 bits per heavy atom. The first-order chi connectivity index (χ1) is 13.0. The highest BCUT2D eigenvalue weighted by Crippen LogP contribution is 2.30. The average molecular weight is 390 g/mol. The van der Waals surface area contributed by atoms with Crippen LogP contribution in [0.5, 0.6) is 0 Å². The highest BCUT2D eigenvalue weighted by molar-refractivity contribution is 6.31. The minimum atomic E-state index is -0.521. The Kier molecular flexibility index (Phi) is 6.40. The van der Waals surface area contributed by atoms with Gasteiger partial charge in [-0.2, -0.15) is 0 Å². The van der Waals surface area contributed by atoms with E-state index < -0.39 is 5.82 Å². The molecule has 0 saturated heterocycles. The zero-order valence-corrected chi connectivity index (χ0v) is 15.5. The molecule has 2 aromatic rings. The topological polar surface area (TPSA) is 71.1 Å². The van der Waals surface area contributed by atoms with Gasteiger partial charge in [-0.05, 0) is 56.0 Å². The maximum absolute atomic E-state index is 13.2. The first-order valence-electron chi connectivity index (χ1n) is 8.96. The minimum Gasteiger partial charge on any atom is -0.350 e. The van der Waals surface area contributed by atoms with Gasteiger partial charge in [-0.1, -0.05) is 17.7 Å². The van der Waals surface area contributed by atoms with Crippen molar-refractivity contribution in [3.05, 3.63) is 59.1 Å². The van der Waals surface area contributed by atoms with Crippen LogP contribution < -0.4 is 10.6 Å². The van der Waals surface area contributed by atoms with Gasteiger partial charge in [-0.3, -0.25) is 14.6 Å². The van der Waals surface area contributed by atoms with Gasteiger partial charge in [-0.25, -0.2) is 4.39 Å². The van der Waals surface area contributed by atoms with Crippen molar-refractivity contribution in [2.45, 2.75) is 32.2 Å². The zero-order chi connectivity index (χ0) is 19.2. The first kappa shape index (κ1) is 19.3. The minimum absolute atomic E-state index is 0.00447. The van der Waals surface area contributed by atoms with Gasteiger partial charge in [0.1, 0.15) is 5.82 Å². The Morgan fingerprint density at radius 1 is 1.07 bits per heavy atom. The molecule has 1 aliphatic rings. The van der Waals surface area contributed by atoms with Crippen molar-refractivity contribution >= 4 is 29.1 Å². The van der Waals surface area contributed by atoms with E-state index in [1.807, 2.05) is 18.2 Å². The monoisotopic (exact) mass is 389 g/mol. The number of hydrogen-bond acceptors (Lipinski definition) is 3. The molecule has 1 aliphatic carbocycles. The summed E-state index contributed by atoms with van der Waals surface area (Å²) in [7, 11) is 0. The van der Waals surface area contributed by atoms with Gasteiger partial charge in [0.2, 0.25) is 11.8 Å². The van der Waals surface area contributed by atoms with Crippen LogP contribution in [0.25, 0.3) is 0 Å². The number of hydrogen-bond donors (Lipinski definition) is 2. The Balaban J connectivity index is 1.45. The molecular weight excluding hydrogens is 369 g/mol. The molecular formula is C20H21ClFN3O2. The van der Waals surface area contributed by atoms with Gasteiger partial charge in [0.25, 0.3) is 0 Å². The highest BCUT2D eigenvalue weighted by atomic mass is 35.5. The van der Waals surface area contributed by atoms with E-state index in [0.717, 1.165) is 5.69 Å². The standard InChI is InChI=1S/C20H21ClFN3O2/c21-17-11-15(8-9-18(17)22)25-20(27)14-6-4-13(5-7-14)19(26)24-12-16-3-1-2-10-23-16/h1-3,8-11,13-14H,4-7,12H2,(H,24,26)(H,25,27). The number of halogens is 2. The molecule has 0 aliphatic heterocycles. The predicted octanol–water partition coefficient (Wildman–Crippen LogP) is 3.94. The summed E-state index contributed by atoms with van der Waals surface area (Å²) >= 11 is 5.74. The normalized spacial score (nSPS) is 19.3. The lowest BCUT2D eigenvalue weighted by Gasteiger charge is -2.27. The van der Waals surface area contributed by atoms with Crippen LogP contribution in [0.2, 0.25) is 5.02 Å². The number of aromatic nitrogens is 1. The number of pyridine rings is 1. The Labute approximate surface area is 162 Å². The summed E-state index contributed by atoms with van der Waals surface area (Å²) in [5.74, 6) is -0.881. The van der Waals surface area contributed by atoms with Crippen molar-refractivity contribution in [1.82, 2.24) is 10.3 Å². The Bertz CT molecular complexity index is 808. The summed E-state index contributed by atoms with van der Waals surface area (Å²) in [5.41, 5.74) is 1.29. The summed E-state index contributed by atoms with van der Waals surface area (Å²) < 4.78 is 13.2. The highest BCUT2D eigenvalue weighted by Gasteiger charge is 2.30. The second-order valence-electron chi connectivity index (χ2n) is 6.71. The van der Waals surface area contributed by atoms with Crippen molar-refractivity contribution in [3.8, 4) is 0 Å². The quantitative estimate of drug-likeness (QED) is 0.813. The van der Waals surface area contributed by atoms with Crippen molar-refractivity contribution < 1.29 is 14.0 Å². The third-order valence-corrected chi connectivity index (χ3v) is 5.12. The van der Waals surface area contributed by atoms with Gasteiger partial charge in [-0.15, -0.1) is 0 Å². The Morgan fingerprint density at radius 3 is 2.41 bits per heavy atom. The molecule has 5 nitrogen and oxygen atoms in total. The summed E-state index contributed by atoms with van der Waals surface area (Å²) in [6, 6.07) is 9.68. The molecule has 1 aromatic heterocycles. The lowest BCUT2D eigenvalue weighted by atomic mass is 9.81. The van der Waals surface area contributed by atoms with Gasteiger partial charge >= 0.3 is 0 Å². The number of benzene rings is 1. The predicted molar refractivity (Wildman–Crippen MR) is 102 cm³/mol. The molecule has 0 bridgehead atoms. The molecule has 2 amide bonds. The average Bonchev–Trinajstić information content (AvgIpc) is 2.70. The lowest BCUT2D eigenvalue weighted by molar-refractivity contribution is -0.128. The molecule has 0 spiro atoms. The van der Waals surface area contributed by atoms with E-state index in [-0.39, 0.29) is 28.7 Å². The third kappa shape index (κ3) is 5.26. The zero-order valence-electron chi connectivity index (χ0n) is 14.8. The molecule has 1 saturated carbocycles. The van der Waals surface area contributed by atoms with E-state index in [0.29, 0.717) is 37.9 Å². The number of amides is 2. The maximum Gasteiger partial charge on any atom is 0.227 e. The van der Waals surface area contributed by atoms with E-state index in [1.54, 1.807) is 6.20 Å². The number of nitrogens with one attached hydrogen (secondary N) is 2. The third-order valence-electron chi connectivity index (χ3n) is 4.83. The SMILES string of the molecule is O=C(NCc1ccccn1)C1CCC(C(=O)Nc2ccc(F)c(Cl)c2)CC1. The molecule has 2 N–H and O–H groups in total. The van der Waals surface area contributed by atoms with Crippen LogP contribution in [0.15, 0.2) is 42.6 Å². The lowest BCUT2D eigenvalue weighted by Crippen LogP contribution is -2.35. The van der Waals surface area contributed by atoms with E-state index in [9.17, 15) is 14.0 Å². The fourth-order valence-corrected chi connectivity index (χ4v) is 3.44. The van der Waals surface area contributed by atoms with Gasteiger partial charge in [0.05, 0.1) is 17.3 Å². The van der Waals surface area contributed by atoms with Gasteiger partial charge in [0.15, 0.2) is 0 Å². The number of nitrogens with zero attached hydrogens (tertiary/aromatic N) is 1. The van der Waals surface area contributed by atoms with Crippen LogP contribution in [-0.2, 0) is 16.1 Å². The van der Waals surface area contributed by atoms with Crippen LogP contribution in [0, 0.1) is 17.7 Å². The molecule has 1 heterocycles. The van der Waals surface area contributed by atoms with Crippen LogP contribution in [0.3, 0.4) is 0 Å². The molecule has 7 heteroatoms. The smallest absolute Gasteiger partial charge is 0.227 e. The number of carbonyl (C=O) groups excluding carboxylic acids is 2. The molecule has 0 atom stereocenters. The first-order valence-corrected chi connectivity index (χ1v) is 9.34. The second kappa shape index (κ2) is 8.95. The summed E-state index contributed by atoms with van der Waals surface area (Å²) in [5, 5.41) is 5.66. The number of rotatable bonds is 5. The fourth-order valence-electron chi connectivity index (χ4n) is 3.26. The number of anilines is 1. The second-order valence-corrected chi connectivity index (χ2v) is 7.11. The van der Waals surface area contributed by atoms with Crippen molar-refractivity contribution in [1.29, 1.82) is 0 Å². The van der Waals surface area contributed by atoms with Gasteiger partial charge < -0.3 is 10.6 Å². The largest absolute Gasteiger partial charge is 0.350 e. The molecule has 1 aromatic carbocycles. The summed E-state index contributed by atoms with van der Waals surface area (Å²) in [6.45, 7) is 0.408. The Hall–Kier alpha value is -2.47. The van der Waals surface area contributed by atoms with Crippen LogP contribution in [0.4, 0.5) is 10.1 Å². The van der Waals surface area contributed by atoms with E-state index in [2.05, 4.69) is 15.6 Å². The van der Waals surface area contributed by atoms with Crippen LogP contribution in [0.1, 0.15) is 31.4 Å². The molecule has 3 rings (SSSR count). The summed E-state index contributed by atoms with van der Waals surface area (Å²) in [6.07, 6.45) is 4.30. The van der Waals surface area contributed by atoms with Gasteiger partial charge in [0, 0.05) is 23.7 Å².